The van der Waals surface area contributed by atoms with Crippen molar-refractivity contribution < 1.29 is 19.5 Å². The molecule has 148 valence electrons. The molecule has 0 aromatic heterocycles. The van der Waals surface area contributed by atoms with Crippen molar-refractivity contribution in [3.05, 3.63) is 71.8 Å². The molecule has 0 spiro atoms. The van der Waals surface area contributed by atoms with Gasteiger partial charge in [0, 0.05) is 16.9 Å². The molecule has 2 aromatic carbocycles. The molecule has 4 atom stereocenters. The SMILES string of the molecule is Cc1ccc(C(=O)Nc2ccccc2)cc1NC(=O)C1C2C=CC(C2)C1C(=O)O. The Morgan fingerprint density at radius 1 is 0.931 bits per heavy atom. The number of hydrogen-bond acceptors (Lipinski definition) is 3. The monoisotopic (exact) mass is 390 g/mol. The summed E-state index contributed by atoms with van der Waals surface area (Å²) in [4.78, 5) is 37.2. The van der Waals surface area contributed by atoms with E-state index in [2.05, 4.69) is 10.6 Å². The van der Waals surface area contributed by atoms with Crippen molar-refractivity contribution in [1.82, 2.24) is 0 Å². The molecule has 0 saturated heterocycles. The summed E-state index contributed by atoms with van der Waals surface area (Å²) in [6, 6.07) is 14.2. The van der Waals surface area contributed by atoms with Crippen LogP contribution < -0.4 is 10.6 Å². The van der Waals surface area contributed by atoms with Gasteiger partial charge in [-0.15, -0.1) is 0 Å². The number of nitrogens with one attached hydrogen (secondary N) is 2. The summed E-state index contributed by atoms with van der Waals surface area (Å²) in [5, 5.41) is 15.2. The summed E-state index contributed by atoms with van der Waals surface area (Å²) in [5.41, 5.74) is 2.42. The number of allylic oxidation sites excluding steroid dienone is 2. The van der Waals surface area contributed by atoms with Crippen molar-refractivity contribution >= 4 is 29.2 Å². The number of carboxylic acids is 1. The molecule has 29 heavy (non-hydrogen) atoms. The first-order valence-electron chi connectivity index (χ1n) is 9.63. The second-order valence-corrected chi connectivity index (χ2v) is 7.68. The van der Waals surface area contributed by atoms with E-state index in [-0.39, 0.29) is 23.7 Å². The Kier molecular flexibility index (Phi) is 4.92. The molecular weight excluding hydrogens is 368 g/mol. The Balaban J connectivity index is 1.52. The van der Waals surface area contributed by atoms with Crippen LogP contribution in [0.2, 0.25) is 0 Å². The van der Waals surface area contributed by atoms with Gasteiger partial charge in [0.1, 0.15) is 0 Å². The zero-order valence-electron chi connectivity index (χ0n) is 16.0. The largest absolute Gasteiger partial charge is 0.481 e. The van der Waals surface area contributed by atoms with E-state index in [0.717, 1.165) is 5.56 Å². The zero-order chi connectivity index (χ0) is 20.5. The first-order valence-corrected chi connectivity index (χ1v) is 9.63. The van der Waals surface area contributed by atoms with Gasteiger partial charge >= 0.3 is 5.97 Å². The summed E-state index contributed by atoms with van der Waals surface area (Å²) < 4.78 is 0. The average molecular weight is 390 g/mol. The second kappa shape index (κ2) is 7.54. The van der Waals surface area contributed by atoms with Gasteiger partial charge in [0.15, 0.2) is 0 Å². The van der Waals surface area contributed by atoms with E-state index in [0.29, 0.717) is 23.4 Å². The fourth-order valence-electron chi connectivity index (χ4n) is 4.36. The van der Waals surface area contributed by atoms with E-state index in [9.17, 15) is 19.5 Å². The smallest absolute Gasteiger partial charge is 0.307 e. The molecule has 2 aromatic rings. The molecule has 2 aliphatic carbocycles. The Morgan fingerprint density at radius 3 is 2.31 bits per heavy atom. The standard InChI is InChI=1S/C23H22N2O4/c1-13-7-8-16(21(26)24-17-5-3-2-4-6-17)12-18(13)25-22(27)19-14-9-10-15(11-14)20(19)23(28)29/h2-10,12,14-15,19-20H,11H2,1H3,(H,24,26)(H,25,27)(H,28,29). The topological polar surface area (TPSA) is 95.5 Å². The van der Waals surface area contributed by atoms with Gasteiger partial charge in [-0.05, 0) is 55.0 Å². The lowest BCUT2D eigenvalue weighted by atomic mass is 9.82. The van der Waals surface area contributed by atoms with Crippen LogP contribution in [0.5, 0.6) is 0 Å². The third-order valence-electron chi connectivity index (χ3n) is 5.84. The molecule has 6 heteroatoms. The lowest BCUT2D eigenvalue weighted by Gasteiger charge is -2.24. The van der Waals surface area contributed by atoms with Gasteiger partial charge in [0.2, 0.25) is 5.91 Å². The van der Waals surface area contributed by atoms with Crippen LogP contribution in [0.4, 0.5) is 11.4 Å². The Bertz CT molecular complexity index is 999. The minimum absolute atomic E-state index is 0.0500. The maximum absolute atomic E-state index is 12.9. The van der Waals surface area contributed by atoms with Gasteiger partial charge in [0.25, 0.3) is 5.91 Å². The highest BCUT2D eigenvalue weighted by atomic mass is 16.4. The number of aryl methyl sites for hydroxylation is 1. The Labute approximate surface area is 168 Å². The quantitative estimate of drug-likeness (QED) is 0.678. The van der Waals surface area contributed by atoms with Gasteiger partial charge in [0.05, 0.1) is 11.8 Å². The number of para-hydroxylation sites is 1. The van der Waals surface area contributed by atoms with Crippen molar-refractivity contribution in [3.8, 4) is 0 Å². The van der Waals surface area contributed by atoms with Crippen LogP contribution in [-0.2, 0) is 9.59 Å². The van der Waals surface area contributed by atoms with Crippen molar-refractivity contribution in [2.24, 2.45) is 23.7 Å². The number of anilines is 2. The van der Waals surface area contributed by atoms with E-state index in [1.807, 2.05) is 37.3 Å². The molecule has 0 heterocycles. The molecule has 6 nitrogen and oxygen atoms in total. The highest BCUT2D eigenvalue weighted by Gasteiger charge is 2.51. The molecule has 2 amide bonds. The van der Waals surface area contributed by atoms with Gasteiger partial charge in [-0.3, -0.25) is 14.4 Å². The number of carbonyl (C=O) groups excluding carboxylic acids is 2. The van der Waals surface area contributed by atoms with Crippen LogP contribution in [0.15, 0.2) is 60.7 Å². The molecule has 4 unspecified atom stereocenters. The second-order valence-electron chi connectivity index (χ2n) is 7.68. The fraction of sp³-hybridized carbons (Fsp3) is 0.261. The third-order valence-corrected chi connectivity index (χ3v) is 5.84. The lowest BCUT2D eigenvalue weighted by Crippen LogP contribution is -2.36. The predicted molar refractivity (Wildman–Crippen MR) is 110 cm³/mol. The van der Waals surface area contributed by atoms with Crippen LogP contribution in [0.25, 0.3) is 0 Å². The number of aliphatic carboxylic acids is 1. The first-order chi connectivity index (χ1) is 13.9. The number of fused-ring (bicyclic) bond motifs is 2. The van der Waals surface area contributed by atoms with E-state index >= 15 is 0 Å². The average Bonchev–Trinajstić information content (AvgIpc) is 3.32. The van der Waals surface area contributed by atoms with Crippen LogP contribution in [0.3, 0.4) is 0 Å². The van der Waals surface area contributed by atoms with Crippen molar-refractivity contribution in [3.63, 3.8) is 0 Å². The zero-order valence-corrected chi connectivity index (χ0v) is 16.0. The molecule has 3 N–H and O–H groups in total. The van der Waals surface area contributed by atoms with Gasteiger partial charge < -0.3 is 15.7 Å². The maximum Gasteiger partial charge on any atom is 0.307 e. The Morgan fingerprint density at radius 2 is 1.62 bits per heavy atom. The van der Waals surface area contributed by atoms with Crippen molar-refractivity contribution in [2.75, 3.05) is 10.6 Å². The number of hydrogen-bond donors (Lipinski definition) is 3. The minimum atomic E-state index is -0.935. The molecule has 1 fully saturated rings. The Hall–Kier alpha value is -3.41. The molecule has 1 saturated carbocycles. The molecule has 2 bridgehead atoms. The minimum Gasteiger partial charge on any atom is -0.481 e. The predicted octanol–water partition coefficient (Wildman–Crippen LogP) is 3.71. The number of carboxylic acid groups (broad SMARTS) is 1. The normalized spacial score (nSPS) is 24.3. The van der Waals surface area contributed by atoms with E-state index < -0.39 is 17.8 Å². The van der Waals surface area contributed by atoms with E-state index in [1.54, 1.807) is 30.3 Å². The summed E-state index contributed by atoms with van der Waals surface area (Å²) >= 11 is 0. The van der Waals surface area contributed by atoms with Gasteiger partial charge in [-0.25, -0.2) is 0 Å². The molecule has 2 aliphatic rings. The van der Waals surface area contributed by atoms with Gasteiger partial charge in [-0.2, -0.15) is 0 Å². The lowest BCUT2D eigenvalue weighted by molar-refractivity contribution is -0.146. The third kappa shape index (κ3) is 3.66. The number of benzene rings is 2. The van der Waals surface area contributed by atoms with Gasteiger partial charge in [-0.1, -0.05) is 36.4 Å². The van der Waals surface area contributed by atoms with Crippen LogP contribution in [-0.4, -0.2) is 22.9 Å². The number of carbonyl (C=O) groups is 3. The summed E-state index contributed by atoms with van der Waals surface area (Å²) in [6.07, 6.45) is 4.56. The molecule has 0 aliphatic heterocycles. The fourth-order valence-corrected chi connectivity index (χ4v) is 4.36. The highest BCUT2D eigenvalue weighted by molar-refractivity contribution is 6.06. The highest BCUT2D eigenvalue weighted by Crippen LogP contribution is 2.48. The number of amides is 2. The van der Waals surface area contributed by atoms with Crippen molar-refractivity contribution in [2.45, 2.75) is 13.3 Å². The van der Waals surface area contributed by atoms with Crippen molar-refractivity contribution in [1.29, 1.82) is 0 Å². The summed E-state index contributed by atoms with van der Waals surface area (Å²) in [6.45, 7) is 1.84. The van der Waals surface area contributed by atoms with E-state index in [4.69, 9.17) is 0 Å². The summed E-state index contributed by atoms with van der Waals surface area (Å²) in [5.74, 6) is -2.95. The van der Waals surface area contributed by atoms with Crippen LogP contribution in [0.1, 0.15) is 22.3 Å². The van der Waals surface area contributed by atoms with E-state index in [1.165, 1.54) is 0 Å². The first kappa shape index (κ1) is 18.9. The molecule has 4 rings (SSSR count). The van der Waals surface area contributed by atoms with Crippen LogP contribution in [0, 0.1) is 30.6 Å². The summed E-state index contributed by atoms with van der Waals surface area (Å²) in [7, 11) is 0. The van der Waals surface area contributed by atoms with Crippen LogP contribution >= 0.6 is 0 Å². The number of rotatable bonds is 5. The molecular formula is C23H22N2O4. The molecule has 0 radical (unpaired) electrons. The maximum atomic E-state index is 12.9.